The lowest BCUT2D eigenvalue weighted by atomic mass is 10.1. The predicted molar refractivity (Wildman–Crippen MR) is 68.7 cm³/mol. The van der Waals surface area contributed by atoms with Crippen LogP contribution in [0.5, 0.6) is 0 Å². The summed E-state index contributed by atoms with van der Waals surface area (Å²) in [4.78, 5) is 14.0. The molecule has 0 radical (unpaired) electrons. The van der Waals surface area contributed by atoms with E-state index in [-0.39, 0.29) is 18.1 Å². The molecule has 0 saturated carbocycles. The summed E-state index contributed by atoms with van der Waals surface area (Å²) in [6.45, 7) is 6.31. The summed E-state index contributed by atoms with van der Waals surface area (Å²) >= 11 is 0. The lowest BCUT2D eigenvalue weighted by molar-refractivity contribution is -0.140. The maximum atomic E-state index is 12.1. The van der Waals surface area contributed by atoms with E-state index in [2.05, 4.69) is 13.8 Å². The molecule has 1 heterocycles. The van der Waals surface area contributed by atoms with Crippen LogP contribution in [0, 0.1) is 0 Å². The number of nitrogens with zero attached hydrogens (tertiary/aromatic N) is 1. The minimum Gasteiger partial charge on any atom is -0.375 e. The summed E-state index contributed by atoms with van der Waals surface area (Å²) in [5, 5.41) is 0. The number of carbonyl (C=O) groups is 1. The standard InChI is InChI=1S/C13H26N2O2/c1-3-5-7-12(14)13(16)15-8-9-17-11(10-15)6-4-2/h11-12H,3-10,14H2,1-2H3/t11-,12-/m1/s1. The lowest BCUT2D eigenvalue weighted by Crippen LogP contribution is -2.51. The quantitative estimate of drug-likeness (QED) is 0.768. The number of nitrogens with two attached hydrogens (primary N) is 1. The van der Waals surface area contributed by atoms with Gasteiger partial charge in [-0.05, 0) is 12.8 Å². The molecule has 1 rings (SSSR count). The van der Waals surface area contributed by atoms with Gasteiger partial charge in [0.1, 0.15) is 0 Å². The normalized spacial score (nSPS) is 22.5. The SMILES string of the molecule is CCCC[C@@H](N)C(=O)N1CCO[C@H](CCC)C1. The summed E-state index contributed by atoms with van der Waals surface area (Å²) in [6.07, 6.45) is 5.22. The second-order valence-electron chi connectivity index (χ2n) is 4.81. The molecule has 1 aliphatic rings. The number of carbonyl (C=O) groups excluding carboxylic acids is 1. The van der Waals surface area contributed by atoms with Gasteiger partial charge in [-0.1, -0.05) is 33.1 Å². The van der Waals surface area contributed by atoms with Gasteiger partial charge >= 0.3 is 0 Å². The minimum atomic E-state index is -0.324. The maximum Gasteiger partial charge on any atom is 0.239 e. The minimum absolute atomic E-state index is 0.0999. The van der Waals surface area contributed by atoms with Crippen LogP contribution >= 0.6 is 0 Å². The van der Waals surface area contributed by atoms with Gasteiger partial charge in [-0.3, -0.25) is 4.79 Å². The summed E-state index contributed by atoms with van der Waals surface area (Å²) in [6, 6.07) is -0.324. The average Bonchev–Trinajstić information content (AvgIpc) is 2.35. The van der Waals surface area contributed by atoms with Gasteiger partial charge in [0.05, 0.1) is 18.8 Å². The third-order valence-corrected chi connectivity index (χ3v) is 3.25. The smallest absolute Gasteiger partial charge is 0.239 e. The number of rotatable bonds is 6. The summed E-state index contributed by atoms with van der Waals surface area (Å²) < 4.78 is 5.62. The monoisotopic (exact) mass is 242 g/mol. The molecule has 2 atom stereocenters. The van der Waals surface area contributed by atoms with Gasteiger partial charge in [-0.15, -0.1) is 0 Å². The van der Waals surface area contributed by atoms with Crippen LogP contribution in [-0.2, 0) is 9.53 Å². The predicted octanol–water partition coefficient (Wildman–Crippen LogP) is 1.53. The van der Waals surface area contributed by atoms with Gasteiger partial charge in [-0.25, -0.2) is 0 Å². The molecule has 0 aliphatic carbocycles. The first-order valence-electron chi connectivity index (χ1n) is 6.85. The zero-order chi connectivity index (χ0) is 12.7. The molecule has 17 heavy (non-hydrogen) atoms. The Bertz CT molecular complexity index is 231. The van der Waals surface area contributed by atoms with Crippen molar-refractivity contribution in [1.29, 1.82) is 0 Å². The van der Waals surface area contributed by atoms with Gasteiger partial charge < -0.3 is 15.4 Å². The maximum absolute atomic E-state index is 12.1. The molecule has 4 heteroatoms. The van der Waals surface area contributed by atoms with Crippen LogP contribution in [0.4, 0.5) is 0 Å². The van der Waals surface area contributed by atoms with E-state index in [0.717, 1.165) is 32.1 Å². The zero-order valence-electron chi connectivity index (χ0n) is 11.2. The van der Waals surface area contributed by atoms with Crippen molar-refractivity contribution < 1.29 is 9.53 Å². The van der Waals surface area contributed by atoms with Crippen molar-refractivity contribution in [2.45, 2.75) is 58.1 Å². The van der Waals surface area contributed by atoms with Crippen molar-refractivity contribution in [2.24, 2.45) is 5.73 Å². The Balaban J connectivity index is 2.39. The number of amides is 1. The number of unbranched alkanes of at least 4 members (excludes halogenated alkanes) is 1. The molecule has 0 aromatic heterocycles. The van der Waals surface area contributed by atoms with Crippen LogP contribution in [0.2, 0.25) is 0 Å². The molecule has 0 aromatic rings. The molecule has 1 fully saturated rings. The second-order valence-corrected chi connectivity index (χ2v) is 4.81. The first-order valence-corrected chi connectivity index (χ1v) is 6.85. The van der Waals surface area contributed by atoms with Crippen LogP contribution in [0.15, 0.2) is 0 Å². The third kappa shape index (κ3) is 4.64. The number of morpholine rings is 1. The fraction of sp³-hybridized carbons (Fsp3) is 0.923. The van der Waals surface area contributed by atoms with Crippen molar-refractivity contribution >= 4 is 5.91 Å². The molecule has 1 saturated heterocycles. The number of hydrogen-bond donors (Lipinski definition) is 1. The highest BCUT2D eigenvalue weighted by molar-refractivity contribution is 5.81. The van der Waals surface area contributed by atoms with E-state index in [1.54, 1.807) is 0 Å². The lowest BCUT2D eigenvalue weighted by Gasteiger charge is -2.34. The first kappa shape index (κ1) is 14.5. The molecular weight excluding hydrogens is 216 g/mol. The topological polar surface area (TPSA) is 55.6 Å². The van der Waals surface area contributed by atoms with Gasteiger partial charge in [0.2, 0.25) is 5.91 Å². The van der Waals surface area contributed by atoms with Gasteiger partial charge in [0.15, 0.2) is 0 Å². The number of hydrogen-bond acceptors (Lipinski definition) is 3. The van der Waals surface area contributed by atoms with Crippen molar-refractivity contribution in [3.05, 3.63) is 0 Å². The molecule has 1 aliphatic heterocycles. The molecular formula is C13H26N2O2. The Morgan fingerprint density at radius 1 is 1.47 bits per heavy atom. The second kappa shape index (κ2) is 7.67. The highest BCUT2D eigenvalue weighted by Gasteiger charge is 2.26. The molecule has 100 valence electrons. The Hall–Kier alpha value is -0.610. The average molecular weight is 242 g/mol. The molecule has 1 amide bonds. The summed E-state index contributed by atoms with van der Waals surface area (Å²) in [7, 11) is 0. The van der Waals surface area contributed by atoms with Crippen LogP contribution in [0.3, 0.4) is 0 Å². The van der Waals surface area contributed by atoms with Gasteiger partial charge in [0.25, 0.3) is 0 Å². The largest absolute Gasteiger partial charge is 0.375 e. The number of ether oxygens (including phenoxy) is 1. The molecule has 0 unspecified atom stereocenters. The summed E-state index contributed by atoms with van der Waals surface area (Å²) in [5.41, 5.74) is 5.92. The van der Waals surface area contributed by atoms with E-state index in [1.165, 1.54) is 0 Å². The Kier molecular flexibility index (Phi) is 6.52. The van der Waals surface area contributed by atoms with E-state index in [1.807, 2.05) is 4.90 Å². The van der Waals surface area contributed by atoms with Gasteiger partial charge in [0, 0.05) is 13.1 Å². The van der Waals surface area contributed by atoms with Crippen molar-refractivity contribution in [3.63, 3.8) is 0 Å². The fourth-order valence-electron chi connectivity index (χ4n) is 2.20. The van der Waals surface area contributed by atoms with Crippen molar-refractivity contribution in [2.75, 3.05) is 19.7 Å². The Morgan fingerprint density at radius 3 is 2.88 bits per heavy atom. The Morgan fingerprint density at radius 2 is 2.24 bits per heavy atom. The van der Waals surface area contributed by atoms with Crippen molar-refractivity contribution in [1.82, 2.24) is 4.90 Å². The fourth-order valence-corrected chi connectivity index (χ4v) is 2.20. The highest BCUT2D eigenvalue weighted by Crippen LogP contribution is 2.12. The van der Waals surface area contributed by atoms with Crippen LogP contribution in [0.25, 0.3) is 0 Å². The van der Waals surface area contributed by atoms with Crippen LogP contribution in [-0.4, -0.2) is 42.6 Å². The molecule has 0 aromatic carbocycles. The van der Waals surface area contributed by atoms with E-state index in [0.29, 0.717) is 19.7 Å². The van der Waals surface area contributed by atoms with E-state index in [9.17, 15) is 4.79 Å². The van der Waals surface area contributed by atoms with Crippen LogP contribution < -0.4 is 5.73 Å². The van der Waals surface area contributed by atoms with Gasteiger partial charge in [-0.2, -0.15) is 0 Å². The first-order chi connectivity index (χ1) is 8.19. The molecule has 4 nitrogen and oxygen atoms in total. The van der Waals surface area contributed by atoms with Crippen LogP contribution in [0.1, 0.15) is 46.0 Å². The summed E-state index contributed by atoms with van der Waals surface area (Å²) in [5.74, 6) is 0.0999. The van der Waals surface area contributed by atoms with E-state index < -0.39 is 0 Å². The molecule has 0 spiro atoms. The highest BCUT2D eigenvalue weighted by atomic mass is 16.5. The molecule has 0 bridgehead atoms. The Labute approximate surface area is 104 Å². The zero-order valence-corrected chi connectivity index (χ0v) is 11.2. The molecule has 2 N–H and O–H groups in total. The third-order valence-electron chi connectivity index (χ3n) is 3.25. The van der Waals surface area contributed by atoms with Crippen molar-refractivity contribution in [3.8, 4) is 0 Å². The van der Waals surface area contributed by atoms with E-state index in [4.69, 9.17) is 10.5 Å². The van der Waals surface area contributed by atoms with E-state index >= 15 is 0 Å².